The van der Waals surface area contributed by atoms with E-state index in [4.69, 9.17) is 0 Å². The fraction of sp³-hybridized carbons (Fsp3) is 0. The largest absolute Gasteiger partial charge is 0.310 e. The van der Waals surface area contributed by atoms with Crippen LogP contribution in [0.3, 0.4) is 0 Å². The Morgan fingerprint density at radius 1 is 0.351 bits per heavy atom. The molecule has 0 amide bonds. The smallest absolute Gasteiger partial charge is 0.0562 e. The average Bonchev–Trinajstić information content (AvgIpc) is 3.83. The third-order valence-electron chi connectivity index (χ3n) is 11.2. The number of rotatable bonds is 7. The van der Waals surface area contributed by atoms with Gasteiger partial charge in [0, 0.05) is 53.6 Å². The van der Waals surface area contributed by atoms with Crippen LogP contribution < -0.4 is 4.90 Å². The molecule has 0 saturated carbocycles. The minimum atomic E-state index is 1.09. The molecule has 0 aliphatic carbocycles. The number of benzene rings is 9. The highest BCUT2D eigenvalue weighted by Gasteiger charge is 2.21. The molecule has 0 aliphatic rings. The third-order valence-corrected chi connectivity index (χ3v) is 12.3. The Balaban J connectivity index is 1.12. The Morgan fingerprint density at radius 2 is 0.947 bits per heavy atom. The number of hydrogen-bond acceptors (Lipinski definition) is 2. The maximum atomic E-state index is 2.43. The van der Waals surface area contributed by atoms with E-state index in [0.29, 0.717) is 0 Å². The molecule has 9 aromatic carbocycles. The predicted molar refractivity (Wildman–Crippen MR) is 245 cm³/mol. The molecule has 0 saturated heterocycles. The molecule has 0 bridgehead atoms. The molecule has 0 spiro atoms. The Morgan fingerprint density at radius 3 is 1.74 bits per heavy atom. The zero-order valence-electron chi connectivity index (χ0n) is 31.1. The van der Waals surface area contributed by atoms with Crippen molar-refractivity contribution in [1.82, 2.24) is 4.57 Å². The van der Waals surface area contributed by atoms with E-state index in [1.807, 2.05) is 11.3 Å². The Hall–Kier alpha value is -7.20. The molecule has 2 heterocycles. The van der Waals surface area contributed by atoms with E-state index < -0.39 is 0 Å². The molecular formula is C54H36N2S. The topological polar surface area (TPSA) is 8.17 Å². The first-order valence-electron chi connectivity index (χ1n) is 19.4. The summed E-state index contributed by atoms with van der Waals surface area (Å²) < 4.78 is 5.07. The van der Waals surface area contributed by atoms with Crippen molar-refractivity contribution in [1.29, 1.82) is 0 Å². The first kappa shape index (κ1) is 33.2. The van der Waals surface area contributed by atoms with Crippen molar-refractivity contribution >= 4 is 70.4 Å². The third kappa shape index (κ3) is 5.71. The number of thiophene rings is 1. The fourth-order valence-corrected chi connectivity index (χ4v) is 9.72. The SMILES string of the molecule is c1ccc(-c2ccccc2N(c2ccc(-c3ccc4c(c3)sc3ccccc34)cc2)c2ccc3c4c(-c5ccccc5)cccc4n(-c4ccccc4)c3c2)cc1. The lowest BCUT2D eigenvalue weighted by Crippen LogP contribution is -2.11. The van der Waals surface area contributed by atoms with E-state index in [1.165, 1.54) is 69.8 Å². The normalized spacial score (nSPS) is 11.5. The van der Waals surface area contributed by atoms with Crippen LogP contribution in [0.5, 0.6) is 0 Å². The van der Waals surface area contributed by atoms with E-state index in [2.05, 4.69) is 228 Å². The standard InChI is InChI=1S/C54H36N2S/c1-4-15-38(16-5-1)44-21-10-12-24-49(44)55(42-30-27-37(28-31-42)40-29-33-47-46-22-11-13-26-52(46)57-53(47)35-40)43-32-34-48-51(36-43)56(41-19-8-3-9-20-41)50-25-14-23-45(54(48)50)39-17-6-2-7-18-39/h1-36H. The first-order chi connectivity index (χ1) is 28.3. The van der Waals surface area contributed by atoms with Gasteiger partial charge in [0.2, 0.25) is 0 Å². The quantitative estimate of drug-likeness (QED) is 0.158. The summed E-state index contributed by atoms with van der Waals surface area (Å²) in [7, 11) is 0. The van der Waals surface area contributed by atoms with Gasteiger partial charge in [-0.3, -0.25) is 0 Å². The number of nitrogens with zero attached hydrogens (tertiary/aromatic N) is 2. The van der Waals surface area contributed by atoms with Crippen LogP contribution >= 0.6 is 11.3 Å². The zero-order chi connectivity index (χ0) is 37.7. The van der Waals surface area contributed by atoms with Gasteiger partial charge in [-0.2, -0.15) is 0 Å². The Labute approximate surface area is 335 Å². The molecule has 3 heteroatoms. The number of hydrogen-bond donors (Lipinski definition) is 0. The van der Waals surface area contributed by atoms with E-state index in [-0.39, 0.29) is 0 Å². The number of anilines is 3. The van der Waals surface area contributed by atoms with Gasteiger partial charge in [0.25, 0.3) is 0 Å². The average molecular weight is 745 g/mol. The molecule has 2 aromatic heterocycles. The summed E-state index contributed by atoms with van der Waals surface area (Å²) >= 11 is 1.86. The zero-order valence-corrected chi connectivity index (χ0v) is 31.9. The van der Waals surface area contributed by atoms with Gasteiger partial charge in [-0.25, -0.2) is 0 Å². The van der Waals surface area contributed by atoms with E-state index in [9.17, 15) is 0 Å². The highest BCUT2D eigenvalue weighted by atomic mass is 32.1. The van der Waals surface area contributed by atoms with Crippen LogP contribution in [-0.4, -0.2) is 4.57 Å². The predicted octanol–water partition coefficient (Wildman–Crippen LogP) is 15.6. The summed E-state index contributed by atoms with van der Waals surface area (Å²) in [6.07, 6.45) is 0. The molecule has 2 nitrogen and oxygen atoms in total. The maximum absolute atomic E-state index is 2.43. The molecule has 0 aliphatic heterocycles. The van der Waals surface area contributed by atoms with Crippen LogP contribution in [0.2, 0.25) is 0 Å². The highest BCUT2D eigenvalue weighted by Crippen LogP contribution is 2.45. The summed E-state index contributed by atoms with van der Waals surface area (Å²) in [6, 6.07) is 79.4. The first-order valence-corrected chi connectivity index (χ1v) is 20.2. The van der Waals surface area contributed by atoms with Crippen molar-refractivity contribution in [3.05, 3.63) is 218 Å². The van der Waals surface area contributed by atoms with Crippen molar-refractivity contribution in [3.8, 4) is 39.1 Å². The minimum absolute atomic E-state index is 1.09. The molecule has 268 valence electrons. The lowest BCUT2D eigenvalue weighted by Gasteiger charge is -2.28. The van der Waals surface area contributed by atoms with Crippen molar-refractivity contribution < 1.29 is 0 Å². The van der Waals surface area contributed by atoms with E-state index in [0.717, 1.165) is 28.3 Å². The maximum Gasteiger partial charge on any atom is 0.0562 e. The van der Waals surface area contributed by atoms with Crippen LogP contribution in [0, 0.1) is 0 Å². The van der Waals surface area contributed by atoms with Crippen molar-refractivity contribution in [3.63, 3.8) is 0 Å². The lowest BCUT2D eigenvalue weighted by molar-refractivity contribution is 1.18. The van der Waals surface area contributed by atoms with Crippen LogP contribution in [0.4, 0.5) is 17.1 Å². The van der Waals surface area contributed by atoms with Gasteiger partial charge >= 0.3 is 0 Å². The molecule has 11 aromatic rings. The molecule has 57 heavy (non-hydrogen) atoms. The van der Waals surface area contributed by atoms with E-state index >= 15 is 0 Å². The van der Waals surface area contributed by atoms with Crippen molar-refractivity contribution in [2.24, 2.45) is 0 Å². The van der Waals surface area contributed by atoms with Crippen LogP contribution in [0.1, 0.15) is 0 Å². The molecule has 0 unspecified atom stereocenters. The molecule has 0 fully saturated rings. The molecule has 0 N–H and O–H groups in total. The van der Waals surface area contributed by atoms with Crippen molar-refractivity contribution in [2.75, 3.05) is 4.90 Å². The monoisotopic (exact) mass is 744 g/mol. The van der Waals surface area contributed by atoms with Crippen molar-refractivity contribution in [2.45, 2.75) is 0 Å². The van der Waals surface area contributed by atoms with Gasteiger partial charge in [0.1, 0.15) is 0 Å². The number of para-hydroxylation sites is 2. The second kappa shape index (κ2) is 13.8. The van der Waals surface area contributed by atoms with Gasteiger partial charge in [-0.1, -0.05) is 158 Å². The van der Waals surface area contributed by atoms with Crippen LogP contribution in [0.25, 0.3) is 81.0 Å². The molecule has 11 rings (SSSR count). The molecular weight excluding hydrogens is 709 g/mol. The summed E-state index contributed by atoms with van der Waals surface area (Å²) in [5.74, 6) is 0. The molecule has 0 radical (unpaired) electrons. The van der Waals surface area contributed by atoms with Gasteiger partial charge in [-0.15, -0.1) is 11.3 Å². The van der Waals surface area contributed by atoms with Gasteiger partial charge in [0.05, 0.1) is 16.7 Å². The summed E-state index contributed by atoms with van der Waals surface area (Å²) in [5.41, 5.74) is 14.0. The number of aromatic nitrogens is 1. The summed E-state index contributed by atoms with van der Waals surface area (Å²) in [4.78, 5) is 2.42. The second-order valence-electron chi connectivity index (χ2n) is 14.5. The Kier molecular flexibility index (Phi) is 8.04. The lowest BCUT2D eigenvalue weighted by atomic mass is 9.99. The summed E-state index contributed by atoms with van der Waals surface area (Å²) in [6.45, 7) is 0. The van der Waals surface area contributed by atoms with E-state index in [1.54, 1.807) is 0 Å². The van der Waals surface area contributed by atoms with Gasteiger partial charge in [0.15, 0.2) is 0 Å². The highest BCUT2D eigenvalue weighted by molar-refractivity contribution is 7.25. The van der Waals surface area contributed by atoms with Gasteiger partial charge < -0.3 is 9.47 Å². The van der Waals surface area contributed by atoms with Crippen LogP contribution in [0.15, 0.2) is 218 Å². The second-order valence-corrected chi connectivity index (χ2v) is 15.6. The van der Waals surface area contributed by atoms with Gasteiger partial charge in [-0.05, 0) is 88.5 Å². The number of fused-ring (bicyclic) bond motifs is 6. The van der Waals surface area contributed by atoms with Crippen LogP contribution in [-0.2, 0) is 0 Å². The minimum Gasteiger partial charge on any atom is -0.310 e. The summed E-state index contributed by atoms with van der Waals surface area (Å²) in [5, 5.41) is 5.12. The molecule has 0 atom stereocenters. The fourth-order valence-electron chi connectivity index (χ4n) is 8.57. The Bertz CT molecular complexity index is 3220.